The normalized spacial score (nSPS) is 11.0. The van der Waals surface area contributed by atoms with Crippen LogP contribution < -0.4 is 15.2 Å². The zero-order valence-electron chi connectivity index (χ0n) is 15.2. The number of methoxy groups -OCH3 is 1. The number of aryl methyl sites for hydroxylation is 1. The summed E-state index contributed by atoms with van der Waals surface area (Å²) in [5.74, 6) is 0.832. The number of fused-ring (bicyclic) bond motifs is 1. The van der Waals surface area contributed by atoms with Crippen molar-refractivity contribution in [3.8, 4) is 28.5 Å². The first-order valence-electron chi connectivity index (χ1n) is 8.51. The summed E-state index contributed by atoms with van der Waals surface area (Å²) in [7, 11) is 1.57. The number of anilines is 1. The van der Waals surface area contributed by atoms with Crippen molar-refractivity contribution in [1.82, 2.24) is 9.97 Å². The predicted octanol–water partition coefficient (Wildman–Crippen LogP) is 5.71. The molecular formula is C21H17ClFN3O2. The molecule has 0 aliphatic rings. The number of H-pyrrole nitrogens is 1. The maximum atomic E-state index is 13.8. The zero-order valence-corrected chi connectivity index (χ0v) is 16.0. The van der Waals surface area contributed by atoms with Crippen molar-refractivity contribution in [3.63, 3.8) is 0 Å². The number of hydrogen-bond donors (Lipinski definition) is 2. The SMILES string of the molecule is COc1nccc2c(-c3cc(N)c(C)cc3Oc3ccc(Cl)c(F)c3)c[nH]c12. The second kappa shape index (κ2) is 7.05. The van der Waals surface area contributed by atoms with Gasteiger partial charge in [0.25, 0.3) is 0 Å². The first-order chi connectivity index (χ1) is 13.5. The lowest BCUT2D eigenvalue weighted by Crippen LogP contribution is -1.95. The van der Waals surface area contributed by atoms with Crippen LogP contribution in [0.1, 0.15) is 5.56 Å². The molecule has 0 amide bonds. The molecule has 28 heavy (non-hydrogen) atoms. The van der Waals surface area contributed by atoms with Crippen LogP contribution in [-0.4, -0.2) is 17.1 Å². The number of nitrogens with one attached hydrogen (secondary N) is 1. The van der Waals surface area contributed by atoms with Gasteiger partial charge in [-0.1, -0.05) is 11.6 Å². The number of halogens is 2. The van der Waals surface area contributed by atoms with Gasteiger partial charge in [0.15, 0.2) is 0 Å². The van der Waals surface area contributed by atoms with Crippen LogP contribution in [0.15, 0.2) is 48.8 Å². The van der Waals surface area contributed by atoms with E-state index in [0.29, 0.717) is 23.1 Å². The van der Waals surface area contributed by atoms with Crippen LogP contribution in [0.2, 0.25) is 5.02 Å². The Kier molecular flexibility index (Phi) is 4.57. The number of ether oxygens (including phenoxy) is 2. The second-order valence-corrected chi connectivity index (χ2v) is 6.74. The topological polar surface area (TPSA) is 73.2 Å². The van der Waals surface area contributed by atoms with E-state index >= 15 is 0 Å². The van der Waals surface area contributed by atoms with Gasteiger partial charge in [-0.15, -0.1) is 0 Å². The highest BCUT2D eigenvalue weighted by Crippen LogP contribution is 2.41. The zero-order chi connectivity index (χ0) is 19.8. The van der Waals surface area contributed by atoms with E-state index in [-0.39, 0.29) is 5.02 Å². The fourth-order valence-electron chi connectivity index (χ4n) is 3.07. The van der Waals surface area contributed by atoms with E-state index < -0.39 is 5.82 Å². The Labute approximate surface area is 165 Å². The Bertz CT molecular complexity index is 1190. The molecule has 4 rings (SSSR count). The highest BCUT2D eigenvalue weighted by atomic mass is 35.5. The van der Waals surface area contributed by atoms with E-state index in [2.05, 4.69) is 9.97 Å². The van der Waals surface area contributed by atoms with Crippen LogP contribution in [-0.2, 0) is 0 Å². The number of nitrogens with two attached hydrogens (primary N) is 1. The van der Waals surface area contributed by atoms with E-state index in [4.69, 9.17) is 26.8 Å². The molecule has 0 saturated carbocycles. The van der Waals surface area contributed by atoms with E-state index in [1.165, 1.54) is 12.1 Å². The second-order valence-electron chi connectivity index (χ2n) is 6.33. The van der Waals surface area contributed by atoms with Crippen molar-refractivity contribution in [2.45, 2.75) is 6.92 Å². The van der Waals surface area contributed by atoms with Crippen molar-refractivity contribution in [3.05, 3.63) is 65.2 Å². The molecule has 0 spiro atoms. The monoisotopic (exact) mass is 397 g/mol. The van der Waals surface area contributed by atoms with Crippen LogP contribution in [0, 0.1) is 12.7 Å². The number of nitrogens with zero attached hydrogens (tertiary/aromatic N) is 1. The predicted molar refractivity (Wildman–Crippen MR) is 109 cm³/mol. The van der Waals surface area contributed by atoms with Crippen molar-refractivity contribution in [2.24, 2.45) is 0 Å². The van der Waals surface area contributed by atoms with Crippen LogP contribution in [0.4, 0.5) is 10.1 Å². The Morgan fingerprint density at radius 3 is 2.71 bits per heavy atom. The number of aromatic nitrogens is 2. The summed E-state index contributed by atoms with van der Waals surface area (Å²) in [5.41, 5.74) is 10.0. The fourth-order valence-corrected chi connectivity index (χ4v) is 3.18. The van der Waals surface area contributed by atoms with Crippen LogP contribution >= 0.6 is 11.6 Å². The Balaban J connectivity index is 1.87. The third-order valence-corrected chi connectivity index (χ3v) is 4.84. The van der Waals surface area contributed by atoms with E-state index in [0.717, 1.165) is 27.6 Å². The van der Waals surface area contributed by atoms with Gasteiger partial charge in [0, 0.05) is 40.7 Å². The van der Waals surface area contributed by atoms with E-state index in [9.17, 15) is 4.39 Å². The molecule has 7 heteroatoms. The van der Waals surface area contributed by atoms with Gasteiger partial charge in [-0.05, 0) is 42.8 Å². The molecule has 0 aliphatic carbocycles. The van der Waals surface area contributed by atoms with E-state index in [1.54, 1.807) is 19.4 Å². The van der Waals surface area contributed by atoms with Gasteiger partial charge in [-0.25, -0.2) is 9.37 Å². The minimum atomic E-state index is -0.546. The average molecular weight is 398 g/mol. The number of rotatable bonds is 4. The summed E-state index contributed by atoms with van der Waals surface area (Å²) in [6.07, 6.45) is 3.51. The van der Waals surface area contributed by atoms with Gasteiger partial charge < -0.3 is 20.2 Å². The van der Waals surface area contributed by atoms with Crippen molar-refractivity contribution in [1.29, 1.82) is 0 Å². The maximum Gasteiger partial charge on any atom is 0.238 e. The highest BCUT2D eigenvalue weighted by molar-refractivity contribution is 6.30. The molecule has 2 aromatic heterocycles. The minimum absolute atomic E-state index is 0.0392. The molecule has 0 saturated heterocycles. The lowest BCUT2D eigenvalue weighted by Gasteiger charge is -2.14. The maximum absolute atomic E-state index is 13.8. The van der Waals surface area contributed by atoms with Crippen molar-refractivity contribution in [2.75, 3.05) is 12.8 Å². The van der Waals surface area contributed by atoms with Gasteiger partial charge >= 0.3 is 0 Å². The molecule has 2 aromatic carbocycles. The summed E-state index contributed by atoms with van der Waals surface area (Å²) in [6, 6.07) is 9.87. The Morgan fingerprint density at radius 1 is 1.14 bits per heavy atom. The molecule has 4 aromatic rings. The molecule has 0 atom stereocenters. The van der Waals surface area contributed by atoms with Gasteiger partial charge in [0.1, 0.15) is 22.8 Å². The first kappa shape index (κ1) is 18.1. The standard InChI is InChI=1S/C21H17ClFN3O2/c1-11-7-19(28-12-3-4-16(22)17(23)8-12)14(9-18(11)24)15-10-26-20-13(15)5-6-25-21(20)27-2/h3-10,26H,24H2,1-2H3. The number of benzene rings is 2. The molecule has 0 radical (unpaired) electrons. The van der Waals surface area contributed by atoms with Gasteiger partial charge in [0.2, 0.25) is 5.88 Å². The van der Waals surface area contributed by atoms with E-state index in [1.807, 2.05) is 31.3 Å². The molecule has 2 heterocycles. The number of hydrogen-bond acceptors (Lipinski definition) is 4. The summed E-state index contributed by atoms with van der Waals surface area (Å²) in [6.45, 7) is 1.89. The van der Waals surface area contributed by atoms with Crippen molar-refractivity contribution >= 4 is 28.2 Å². The molecule has 0 fully saturated rings. The highest BCUT2D eigenvalue weighted by Gasteiger charge is 2.17. The third-order valence-electron chi connectivity index (χ3n) is 4.54. The molecule has 142 valence electrons. The van der Waals surface area contributed by atoms with Crippen LogP contribution in [0.3, 0.4) is 0 Å². The summed E-state index contributed by atoms with van der Waals surface area (Å²) < 4.78 is 25.1. The largest absolute Gasteiger partial charge is 0.479 e. The third kappa shape index (κ3) is 3.12. The lowest BCUT2D eigenvalue weighted by atomic mass is 10.0. The van der Waals surface area contributed by atoms with Gasteiger partial charge in [0.05, 0.1) is 12.1 Å². The molecule has 3 N–H and O–H groups in total. The summed E-state index contributed by atoms with van der Waals surface area (Å²) in [4.78, 5) is 7.40. The lowest BCUT2D eigenvalue weighted by molar-refractivity contribution is 0.402. The average Bonchev–Trinajstić information content (AvgIpc) is 3.11. The van der Waals surface area contributed by atoms with Crippen LogP contribution in [0.5, 0.6) is 17.4 Å². The van der Waals surface area contributed by atoms with Crippen LogP contribution in [0.25, 0.3) is 22.0 Å². The molecule has 0 unspecified atom stereocenters. The Hall–Kier alpha value is -3.25. The minimum Gasteiger partial charge on any atom is -0.479 e. The van der Waals surface area contributed by atoms with Gasteiger partial charge in [-0.2, -0.15) is 0 Å². The summed E-state index contributed by atoms with van der Waals surface area (Å²) >= 11 is 5.77. The Morgan fingerprint density at radius 2 is 1.96 bits per heavy atom. The molecule has 5 nitrogen and oxygen atoms in total. The molecular weight excluding hydrogens is 381 g/mol. The number of aromatic amines is 1. The number of pyridine rings is 1. The number of nitrogen functional groups attached to an aromatic ring is 1. The van der Waals surface area contributed by atoms with Crippen molar-refractivity contribution < 1.29 is 13.9 Å². The smallest absolute Gasteiger partial charge is 0.238 e. The quantitative estimate of drug-likeness (QED) is 0.432. The molecule has 0 aliphatic heterocycles. The first-order valence-corrected chi connectivity index (χ1v) is 8.89. The molecule has 0 bridgehead atoms. The van der Waals surface area contributed by atoms with Gasteiger partial charge in [-0.3, -0.25) is 0 Å². The summed E-state index contributed by atoms with van der Waals surface area (Å²) in [5, 5.41) is 0.944. The fraction of sp³-hybridized carbons (Fsp3) is 0.0952.